The number of carbonyl (C=O) groups is 2. The van der Waals surface area contributed by atoms with E-state index in [0.717, 1.165) is 6.07 Å². The Morgan fingerprint density at radius 3 is 2.25 bits per heavy atom. The molecule has 230 valence electrons. The SMILES string of the molecule is COc1c2c(c(O)c3c(O)c4cc(O)c(C)c(O)c4c(O)c13)C1=C(CC2)C(C)=C(N=NC(=S)NC(C)(C)C)C(C(=O)O)C1=O. The molecule has 7 N–H and O–H groups in total. The third-order valence-corrected chi connectivity index (χ3v) is 8.18. The van der Waals surface area contributed by atoms with Crippen LogP contribution in [0.25, 0.3) is 27.1 Å². The van der Waals surface area contributed by atoms with Crippen LogP contribution < -0.4 is 10.1 Å². The highest BCUT2D eigenvalue weighted by Crippen LogP contribution is 2.58. The Hall–Kier alpha value is -4.91. The maximum absolute atomic E-state index is 14.0. The number of hydrogen-bond acceptors (Lipinski definition) is 10. The second-order valence-corrected chi connectivity index (χ2v) is 12.2. The summed E-state index contributed by atoms with van der Waals surface area (Å²) in [6.07, 6.45) is 0.409. The van der Waals surface area contributed by atoms with Gasteiger partial charge >= 0.3 is 5.97 Å². The van der Waals surface area contributed by atoms with E-state index in [4.69, 9.17) is 17.0 Å². The number of ketones is 1. The number of aromatic hydroxyl groups is 5. The number of carboxylic acid groups (broad SMARTS) is 1. The summed E-state index contributed by atoms with van der Waals surface area (Å²) < 4.78 is 5.67. The van der Waals surface area contributed by atoms with E-state index in [2.05, 4.69) is 15.5 Å². The van der Waals surface area contributed by atoms with Gasteiger partial charge in [0.25, 0.3) is 0 Å². The fourth-order valence-electron chi connectivity index (χ4n) is 6.01. The second-order valence-electron chi connectivity index (χ2n) is 11.9. The van der Waals surface area contributed by atoms with Gasteiger partial charge in [-0.3, -0.25) is 9.59 Å². The quantitative estimate of drug-likeness (QED) is 0.0664. The lowest BCUT2D eigenvalue weighted by molar-refractivity contribution is -0.143. The number of benzene rings is 3. The number of Topliss-reactive ketones (excluding diaryl/α,β-unsaturated/α-hetero) is 1. The van der Waals surface area contributed by atoms with Crippen molar-refractivity contribution in [3.8, 4) is 34.5 Å². The van der Waals surface area contributed by atoms with Crippen LogP contribution in [0, 0.1) is 12.8 Å². The molecule has 0 spiro atoms. The Morgan fingerprint density at radius 1 is 1.00 bits per heavy atom. The summed E-state index contributed by atoms with van der Waals surface area (Å²) in [5.74, 6) is -6.71. The van der Waals surface area contributed by atoms with Crippen LogP contribution in [0.15, 0.2) is 33.1 Å². The Kier molecular flexibility index (Phi) is 7.20. The highest BCUT2D eigenvalue weighted by Gasteiger charge is 2.44. The van der Waals surface area contributed by atoms with Crippen molar-refractivity contribution in [2.45, 2.75) is 53.0 Å². The van der Waals surface area contributed by atoms with Gasteiger partial charge in [-0.1, -0.05) is 0 Å². The molecule has 0 saturated heterocycles. The van der Waals surface area contributed by atoms with E-state index < -0.39 is 46.2 Å². The van der Waals surface area contributed by atoms with Crippen molar-refractivity contribution in [3.63, 3.8) is 0 Å². The number of methoxy groups -OCH3 is 1. The van der Waals surface area contributed by atoms with Crippen molar-refractivity contribution in [2.75, 3.05) is 7.11 Å². The van der Waals surface area contributed by atoms with Gasteiger partial charge in [0.15, 0.2) is 11.7 Å². The predicted octanol–water partition coefficient (Wildman–Crippen LogP) is 5.22. The molecule has 0 heterocycles. The molecule has 3 aromatic carbocycles. The molecule has 0 amide bonds. The number of carboxylic acids is 1. The van der Waals surface area contributed by atoms with Gasteiger partial charge in [-0.15, -0.1) is 5.11 Å². The summed E-state index contributed by atoms with van der Waals surface area (Å²) in [6, 6.07) is 1.13. The van der Waals surface area contributed by atoms with E-state index >= 15 is 0 Å². The number of thiocarbonyl (C=S) groups is 1. The minimum atomic E-state index is -1.78. The first kappa shape index (κ1) is 30.5. The van der Waals surface area contributed by atoms with Crippen molar-refractivity contribution < 1.29 is 45.0 Å². The molecule has 12 nitrogen and oxygen atoms in total. The molecular formula is C31H31N3O9S. The number of rotatable bonds is 3. The third-order valence-electron chi connectivity index (χ3n) is 8.00. The van der Waals surface area contributed by atoms with Crippen molar-refractivity contribution in [1.29, 1.82) is 0 Å². The molecular weight excluding hydrogens is 590 g/mol. The number of fused-ring (bicyclic) bond motifs is 4. The summed E-state index contributed by atoms with van der Waals surface area (Å²) in [6.45, 7) is 8.61. The first-order valence-electron chi connectivity index (χ1n) is 13.6. The first-order chi connectivity index (χ1) is 20.5. The van der Waals surface area contributed by atoms with Gasteiger partial charge in [0.2, 0.25) is 5.11 Å². The molecule has 0 aromatic heterocycles. The number of nitrogens with zero attached hydrogens (tertiary/aromatic N) is 2. The Labute approximate surface area is 256 Å². The molecule has 2 aliphatic carbocycles. The number of carbonyl (C=O) groups excluding carboxylic acids is 1. The normalized spacial score (nSPS) is 17.0. The van der Waals surface area contributed by atoms with Gasteiger partial charge in [-0.05, 0) is 76.9 Å². The number of hydrogen-bond donors (Lipinski definition) is 7. The summed E-state index contributed by atoms with van der Waals surface area (Å²) in [5.41, 5.74) is 0.482. The van der Waals surface area contributed by atoms with Gasteiger partial charge < -0.3 is 40.7 Å². The predicted molar refractivity (Wildman–Crippen MR) is 165 cm³/mol. The van der Waals surface area contributed by atoms with E-state index in [9.17, 15) is 40.2 Å². The number of nitrogens with one attached hydrogen (secondary N) is 1. The van der Waals surface area contributed by atoms with Crippen molar-refractivity contribution in [3.05, 3.63) is 39.6 Å². The lowest BCUT2D eigenvalue weighted by Crippen LogP contribution is -2.38. The Morgan fingerprint density at radius 2 is 1.66 bits per heavy atom. The number of aliphatic carboxylic acids is 1. The zero-order valence-electron chi connectivity index (χ0n) is 24.8. The fraction of sp³-hybridized carbons (Fsp3) is 0.323. The minimum absolute atomic E-state index is 0.00628. The van der Waals surface area contributed by atoms with E-state index in [-0.39, 0.29) is 73.4 Å². The van der Waals surface area contributed by atoms with E-state index in [1.165, 1.54) is 14.0 Å². The highest BCUT2D eigenvalue weighted by molar-refractivity contribution is 7.80. The van der Waals surface area contributed by atoms with E-state index in [1.54, 1.807) is 6.92 Å². The first-order valence-corrected chi connectivity index (χ1v) is 14.0. The molecule has 44 heavy (non-hydrogen) atoms. The molecule has 1 unspecified atom stereocenters. The maximum Gasteiger partial charge on any atom is 0.320 e. The number of ether oxygens (including phenoxy) is 1. The molecule has 1 atom stereocenters. The van der Waals surface area contributed by atoms with Crippen LogP contribution in [0.2, 0.25) is 0 Å². The Bertz CT molecular complexity index is 1950. The van der Waals surface area contributed by atoms with Gasteiger partial charge in [0, 0.05) is 33.2 Å². The van der Waals surface area contributed by atoms with Crippen LogP contribution in [-0.4, -0.2) is 60.2 Å². The molecule has 0 fully saturated rings. The lowest BCUT2D eigenvalue weighted by Gasteiger charge is -2.32. The molecule has 0 radical (unpaired) electrons. The molecule has 5 rings (SSSR count). The number of phenolic OH excluding ortho intramolecular Hbond substituents is 5. The average molecular weight is 622 g/mol. The average Bonchev–Trinajstić information content (AvgIpc) is 2.93. The van der Waals surface area contributed by atoms with Crippen molar-refractivity contribution >= 4 is 56.2 Å². The largest absolute Gasteiger partial charge is 0.508 e. The molecule has 2 aliphatic rings. The van der Waals surface area contributed by atoms with Crippen molar-refractivity contribution in [2.24, 2.45) is 16.1 Å². The van der Waals surface area contributed by atoms with E-state index in [0.29, 0.717) is 16.7 Å². The second kappa shape index (κ2) is 10.4. The Balaban J connectivity index is 1.85. The molecule has 0 aliphatic heterocycles. The van der Waals surface area contributed by atoms with Gasteiger partial charge in [-0.25, -0.2) is 0 Å². The molecule has 13 heteroatoms. The van der Waals surface area contributed by atoms with Crippen LogP contribution in [0.5, 0.6) is 34.5 Å². The van der Waals surface area contributed by atoms with E-state index in [1.807, 2.05) is 20.8 Å². The minimum Gasteiger partial charge on any atom is -0.508 e. The third kappa shape index (κ3) is 4.46. The highest BCUT2D eigenvalue weighted by atomic mass is 32.1. The zero-order valence-corrected chi connectivity index (χ0v) is 25.6. The van der Waals surface area contributed by atoms with Gasteiger partial charge in [0.1, 0.15) is 34.5 Å². The standard InChI is InChI=1S/C31H31N3O9S/c1-10-12-7-8-13-17(16(12)26(39)21(29(41)42)22(10)33-34-30(44)32-31(3,4)5)25(38)19-20(28(13)43-6)27(40)18-14(24(19)37)9-15(35)11(2)23(18)36/h9,21,35-38,40H,7-8H2,1-6H3,(H,32,44)(H,41,42). The summed E-state index contributed by atoms with van der Waals surface area (Å²) >= 11 is 5.22. The van der Waals surface area contributed by atoms with Crippen molar-refractivity contribution in [1.82, 2.24) is 5.32 Å². The number of allylic oxidation sites excluding steroid dienone is 3. The molecule has 0 saturated carbocycles. The lowest BCUT2D eigenvalue weighted by atomic mass is 9.72. The monoisotopic (exact) mass is 621 g/mol. The van der Waals surface area contributed by atoms with Crippen LogP contribution in [0.1, 0.15) is 50.8 Å². The topological polar surface area (TPSA) is 202 Å². The van der Waals surface area contributed by atoms with Crippen LogP contribution in [-0.2, 0) is 16.0 Å². The van der Waals surface area contributed by atoms with Crippen LogP contribution >= 0.6 is 12.2 Å². The van der Waals surface area contributed by atoms with Gasteiger partial charge in [0.05, 0.1) is 29.0 Å². The summed E-state index contributed by atoms with van der Waals surface area (Å²) in [4.78, 5) is 26.5. The zero-order chi connectivity index (χ0) is 32.6. The number of phenols is 5. The van der Waals surface area contributed by atoms with Crippen LogP contribution in [0.4, 0.5) is 0 Å². The summed E-state index contributed by atoms with van der Waals surface area (Å²) in [7, 11) is 1.31. The maximum atomic E-state index is 14.0. The number of azo groups is 1. The molecule has 3 aromatic rings. The van der Waals surface area contributed by atoms with Gasteiger partial charge in [-0.2, -0.15) is 5.11 Å². The fourth-order valence-corrected chi connectivity index (χ4v) is 6.36. The molecule has 0 bridgehead atoms. The van der Waals surface area contributed by atoms with Crippen LogP contribution in [0.3, 0.4) is 0 Å². The summed E-state index contributed by atoms with van der Waals surface area (Å²) in [5, 5.41) is 76.0. The smallest absolute Gasteiger partial charge is 0.320 e.